The van der Waals surface area contributed by atoms with Gasteiger partial charge in [-0.3, -0.25) is 9.69 Å². The third-order valence-electron chi connectivity index (χ3n) is 5.61. The SMILES string of the molecule is CCc1cc(=O)[nH]c(-c2ccc(NCc3ccccc3CN3CCCCC3)nc2)n1. The van der Waals surface area contributed by atoms with Crippen LogP contribution in [0.25, 0.3) is 11.4 Å². The molecule has 1 aromatic carbocycles. The molecular formula is C24H29N5O. The predicted octanol–water partition coefficient (Wildman–Crippen LogP) is 3.99. The molecule has 0 amide bonds. The van der Waals surface area contributed by atoms with Crippen LogP contribution in [-0.4, -0.2) is 32.9 Å². The average molecular weight is 404 g/mol. The largest absolute Gasteiger partial charge is 0.366 e. The number of hydrogen-bond donors (Lipinski definition) is 2. The summed E-state index contributed by atoms with van der Waals surface area (Å²) in [5.41, 5.74) is 4.13. The number of likely N-dealkylation sites (tertiary alicyclic amines) is 1. The van der Waals surface area contributed by atoms with Gasteiger partial charge in [-0.2, -0.15) is 0 Å². The number of H-pyrrole nitrogens is 1. The third-order valence-corrected chi connectivity index (χ3v) is 5.61. The molecule has 0 atom stereocenters. The van der Waals surface area contributed by atoms with Crippen molar-refractivity contribution < 1.29 is 0 Å². The lowest BCUT2D eigenvalue weighted by Gasteiger charge is -2.27. The molecular weight excluding hydrogens is 374 g/mol. The fraction of sp³-hybridized carbons (Fsp3) is 0.375. The Bertz CT molecular complexity index is 1020. The third kappa shape index (κ3) is 5.13. The first-order valence-electron chi connectivity index (χ1n) is 10.8. The zero-order valence-corrected chi connectivity index (χ0v) is 17.5. The molecule has 6 nitrogen and oxygen atoms in total. The van der Waals surface area contributed by atoms with Crippen molar-refractivity contribution in [2.75, 3.05) is 18.4 Å². The van der Waals surface area contributed by atoms with Crippen molar-refractivity contribution in [3.63, 3.8) is 0 Å². The predicted molar refractivity (Wildman–Crippen MR) is 120 cm³/mol. The number of nitrogens with zero attached hydrogens (tertiary/aromatic N) is 3. The minimum absolute atomic E-state index is 0.135. The molecule has 2 N–H and O–H groups in total. The highest BCUT2D eigenvalue weighted by Crippen LogP contribution is 2.19. The lowest BCUT2D eigenvalue weighted by molar-refractivity contribution is 0.220. The molecule has 30 heavy (non-hydrogen) atoms. The lowest BCUT2D eigenvalue weighted by Crippen LogP contribution is -2.29. The molecule has 0 aliphatic carbocycles. The van der Waals surface area contributed by atoms with E-state index in [0.29, 0.717) is 5.82 Å². The Morgan fingerprint density at radius 1 is 1.07 bits per heavy atom. The van der Waals surface area contributed by atoms with E-state index in [4.69, 9.17) is 0 Å². The van der Waals surface area contributed by atoms with Crippen molar-refractivity contribution in [2.45, 2.75) is 45.7 Å². The second-order valence-corrected chi connectivity index (χ2v) is 7.83. The molecule has 1 fully saturated rings. The molecule has 1 aliphatic heterocycles. The smallest absolute Gasteiger partial charge is 0.251 e. The molecule has 0 unspecified atom stereocenters. The van der Waals surface area contributed by atoms with Crippen molar-refractivity contribution in [1.82, 2.24) is 19.9 Å². The lowest BCUT2D eigenvalue weighted by atomic mass is 10.0. The number of aromatic amines is 1. The summed E-state index contributed by atoms with van der Waals surface area (Å²) >= 11 is 0. The van der Waals surface area contributed by atoms with E-state index in [1.165, 1.54) is 49.5 Å². The summed E-state index contributed by atoms with van der Waals surface area (Å²) in [6.07, 6.45) is 6.43. The summed E-state index contributed by atoms with van der Waals surface area (Å²) in [5, 5.41) is 3.43. The van der Waals surface area contributed by atoms with Crippen LogP contribution in [-0.2, 0) is 19.5 Å². The average Bonchev–Trinajstić information content (AvgIpc) is 2.79. The minimum atomic E-state index is -0.135. The van der Waals surface area contributed by atoms with Gasteiger partial charge in [0.15, 0.2) is 0 Å². The van der Waals surface area contributed by atoms with Crippen LogP contribution in [0, 0.1) is 0 Å². The molecule has 156 valence electrons. The first kappa shape index (κ1) is 20.3. The van der Waals surface area contributed by atoms with Gasteiger partial charge < -0.3 is 10.3 Å². The summed E-state index contributed by atoms with van der Waals surface area (Å²) in [6.45, 7) is 6.12. The van der Waals surface area contributed by atoms with Gasteiger partial charge in [0.1, 0.15) is 11.6 Å². The van der Waals surface area contributed by atoms with Crippen LogP contribution in [0.2, 0.25) is 0 Å². The van der Waals surface area contributed by atoms with Crippen molar-refractivity contribution >= 4 is 5.82 Å². The molecule has 0 saturated carbocycles. The van der Waals surface area contributed by atoms with Gasteiger partial charge in [-0.1, -0.05) is 37.6 Å². The Hall–Kier alpha value is -2.99. The van der Waals surface area contributed by atoms with Crippen molar-refractivity contribution in [3.05, 3.63) is 75.8 Å². The molecule has 0 bridgehead atoms. The van der Waals surface area contributed by atoms with Gasteiger partial charge in [0.05, 0.1) is 0 Å². The quantitative estimate of drug-likeness (QED) is 0.624. The van der Waals surface area contributed by atoms with E-state index in [1.807, 2.05) is 19.1 Å². The van der Waals surface area contributed by atoms with Crippen molar-refractivity contribution in [3.8, 4) is 11.4 Å². The number of benzene rings is 1. The van der Waals surface area contributed by atoms with Crippen molar-refractivity contribution in [2.24, 2.45) is 0 Å². The van der Waals surface area contributed by atoms with E-state index in [0.717, 1.165) is 36.6 Å². The Kier molecular flexibility index (Phi) is 6.54. The maximum Gasteiger partial charge on any atom is 0.251 e. The molecule has 1 saturated heterocycles. The second kappa shape index (κ2) is 9.67. The van der Waals surface area contributed by atoms with Gasteiger partial charge in [0.25, 0.3) is 5.56 Å². The number of aromatic nitrogens is 3. The second-order valence-electron chi connectivity index (χ2n) is 7.83. The fourth-order valence-electron chi connectivity index (χ4n) is 3.89. The van der Waals surface area contributed by atoms with Crippen LogP contribution in [0.15, 0.2) is 53.5 Å². The Morgan fingerprint density at radius 3 is 2.60 bits per heavy atom. The number of hydrogen-bond acceptors (Lipinski definition) is 5. The summed E-state index contributed by atoms with van der Waals surface area (Å²) in [6, 6.07) is 14.0. The normalized spacial score (nSPS) is 14.6. The molecule has 1 aliphatic rings. The van der Waals surface area contributed by atoms with Gasteiger partial charge in [0, 0.05) is 36.6 Å². The maximum atomic E-state index is 11.8. The number of pyridine rings is 1. The standard InChI is InChI=1S/C24H29N5O/c1-2-21-14-23(30)28-24(27-21)19-10-11-22(26-16-19)25-15-18-8-4-5-9-20(18)17-29-12-6-3-7-13-29/h4-5,8-11,14,16H,2-3,6-7,12-13,15,17H2,1H3,(H,25,26)(H,27,28,30). The zero-order chi connectivity index (χ0) is 20.8. The van der Waals surface area contributed by atoms with E-state index >= 15 is 0 Å². The molecule has 0 radical (unpaired) electrons. The molecule has 3 heterocycles. The van der Waals surface area contributed by atoms with Crippen LogP contribution in [0.3, 0.4) is 0 Å². The Balaban J connectivity index is 1.42. The zero-order valence-electron chi connectivity index (χ0n) is 17.5. The first-order valence-corrected chi connectivity index (χ1v) is 10.8. The Morgan fingerprint density at radius 2 is 1.87 bits per heavy atom. The van der Waals surface area contributed by atoms with E-state index < -0.39 is 0 Å². The van der Waals surface area contributed by atoms with Crippen LogP contribution < -0.4 is 10.9 Å². The van der Waals surface area contributed by atoms with Crippen LogP contribution in [0.4, 0.5) is 5.82 Å². The topological polar surface area (TPSA) is 73.9 Å². The highest BCUT2D eigenvalue weighted by Gasteiger charge is 2.12. The first-order chi connectivity index (χ1) is 14.7. The van der Waals surface area contributed by atoms with Crippen LogP contribution in [0.5, 0.6) is 0 Å². The number of aryl methyl sites for hydroxylation is 1. The van der Waals surface area contributed by atoms with E-state index in [2.05, 4.69) is 49.4 Å². The summed E-state index contributed by atoms with van der Waals surface area (Å²) in [7, 11) is 0. The Labute approximate surface area is 177 Å². The molecule has 0 spiro atoms. The molecule has 6 heteroatoms. The highest BCUT2D eigenvalue weighted by atomic mass is 16.1. The number of rotatable bonds is 7. The van der Waals surface area contributed by atoms with E-state index in [1.54, 1.807) is 6.20 Å². The summed E-state index contributed by atoms with van der Waals surface area (Å²) < 4.78 is 0. The number of piperidine rings is 1. The minimum Gasteiger partial charge on any atom is -0.366 e. The number of nitrogens with one attached hydrogen (secondary N) is 2. The molecule has 3 aromatic rings. The molecule has 4 rings (SSSR count). The van der Waals surface area contributed by atoms with Crippen LogP contribution in [0.1, 0.15) is 43.0 Å². The molecule has 2 aromatic heterocycles. The maximum absolute atomic E-state index is 11.8. The van der Waals surface area contributed by atoms with Gasteiger partial charge in [-0.25, -0.2) is 9.97 Å². The van der Waals surface area contributed by atoms with Crippen LogP contribution >= 0.6 is 0 Å². The summed E-state index contributed by atoms with van der Waals surface area (Å²) in [5.74, 6) is 1.37. The fourth-order valence-corrected chi connectivity index (χ4v) is 3.89. The van der Waals surface area contributed by atoms with E-state index in [-0.39, 0.29) is 5.56 Å². The van der Waals surface area contributed by atoms with E-state index in [9.17, 15) is 4.79 Å². The van der Waals surface area contributed by atoms with Gasteiger partial charge in [0.2, 0.25) is 0 Å². The van der Waals surface area contributed by atoms with Gasteiger partial charge in [-0.15, -0.1) is 0 Å². The van der Waals surface area contributed by atoms with Gasteiger partial charge in [-0.05, 0) is 55.6 Å². The number of anilines is 1. The monoisotopic (exact) mass is 403 g/mol. The van der Waals surface area contributed by atoms with Gasteiger partial charge >= 0.3 is 0 Å². The highest BCUT2D eigenvalue weighted by molar-refractivity contribution is 5.56. The summed E-state index contributed by atoms with van der Waals surface area (Å²) in [4.78, 5) is 26.2. The van der Waals surface area contributed by atoms with Crippen molar-refractivity contribution in [1.29, 1.82) is 0 Å².